The average molecular weight is 454 g/mol. The van der Waals surface area contributed by atoms with Gasteiger partial charge in [0, 0.05) is 36.0 Å². The first-order valence-corrected chi connectivity index (χ1v) is 11.1. The van der Waals surface area contributed by atoms with Gasteiger partial charge in [0.25, 0.3) is 11.8 Å². The summed E-state index contributed by atoms with van der Waals surface area (Å²) in [5.41, 5.74) is 1.48. The second-order valence-corrected chi connectivity index (χ2v) is 8.36. The van der Waals surface area contributed by atoms with Crippen LogP contribution in [0.3, 0.4) is 0 Å². The molecule has 0 aromatic heterocycles. The second kappa shape index (κ2) is 10.8. The van der Waals surface area contributed by atoms with Gasteiger partial charge in [0.05, 0.1) is 14.2 Å². The second-order valence-electron chi connectivity index (χ2n) is 8.36. The number of likely N-dealkylation sites (tertiary alicyclic amines) is 1. The maximum absolute atomic E-state index is 12.9. The summed E-state index contributed by atoms with van der Waals surface area (Å²) in [6.07, 6.45) is 2.06. The largest absolute Gasteiger partial charge is 0.497 e. The van der Waals surface area contributed by atoms with Crippen LogP contribution < -0.4 is 20.1 Å². The molecular weight excluding hydrogens is 422 g/mol. The van der Waals surface area contributed by atoms with Crippen molar-refractivity contribution in [1.29, 1.82) is 0 Å². The number of carbonyl (C=O) groups excluding carboxylic acids is 3. The third kappa shape index (κ3) is 6.03. The zero-order chi connectivity index (χ0) is 24.0. The molecule has 0 bridgehead atoms. The van der Waals surface area contributed by atoms with Crippen molar-refractivity contribution in [2.75, 3.05) is 32.6 Å². The van der Waals surface area contributed by atoms with E-state index in [4.69, 9.17) is 9.47 Å². The van der Waals surface area contributed by atoms with Crippen molar-refractivity contribution in [2.24, 2.45) is 5.92 Å². The van der Waals surface area contributed by atoms with Crippen molar-refractivity contribution in [2.45, 2.75) is 32.7 Å². The molecule has 0 radical (unpaired) electrons. The Hall–Kier alpha value is -3.55. The molecule has 176 valence electrons. The zero-order valence-electron chi connectivity index (χ0n) is 19.5. The number of rotatable bonds is 8. The Morgan fingerprint density at radius 1 is 0.879 bits per heavy atom. The lowest BCUT2D eigenvalue weighted by Gasteiger charge is -2.22. The predicted molar refractivity (Wildman–Crippen MR) is 126 cm³/mol. The topological polar surface area (TPSA) is 97.0 Å². The van der Waals surface area contributed by atoms with E-state index in [-0.39, 0.29) is 17.7 Å². The van der Waals surface area contributed by atoms with Crippen LogP contribution in [0.25, 0.3) is 0 Å². The number of carbonyl (C=O) groups is 3. The summed E-state index contributed by atoms with van der Waals surface area (Å²) in [6, 6.07) is 10.9. The van der Waals surface area contributed by atoms with Gasteiger partial charge in [0.15, 0.2) is 0 Å². The molecule has 0 spiro atoms. The van der Waals surface area contributed by atoms with Crippen molar-refractivity contribution in [1.82, 2.24) is 10.2 Å². The van der Waals surface area contributed by atoms with Crippen molar-refractivity contribution in [3.63, 3.8) is 0 Å². The number of nitrogens with zero attached hydrogens (tertiary/aromatic N) is 1. The third-order valence-corrected chi connectivity index (χ3v) is 5.64. The van der Waals surface area contributed by atoms with Crippen molar-refractivity contribution < 1.29 is 23.9 Å². The molecule has 1 heterocycles. The molecule has 3 rings (SSSR count). The highest BCUT2D eigenvalue weighted by atomic mass is 16.5. The Balaban J connectivity index is 1.67. The molecule has 33 heavy (non-hydrogen) atoms. The van der Waals surface area contributed by atoms with E-state index in [0.717, 1.165) is 25.9 Å². The molecule has 1 aliphatic rings. The van der Waals surface area contributed by atoms with Crippen molar-refractivity contribution in [3.05, 3.63) is 53.6 Å². The molecule has 1 atom stereocenters. The fraction of sp³-hybridized carbons (Fsp3) is 0.400. The normalized spacial score (nSPS) is 14.0. The minimum absolute atomic E-state index is 0.00594. The van der Waals surface area contributed by atoms with E-state index in [0.29, 0.717) is 28.3 Å². The molecule has 1 aliphatic heterocycles. The van der Waals surface area contributed by atoms with Gasteiger partial charge >= 0.3 is 0 Å². The molecule has 8 nitrogen and oxygen atoms in total. The van der Waals surface area contributed by atoms with E-state index in [1.165, 1.54) is 14.2 Å². The van der Waals surface area contributed by atoms with E-state index in [9.17, 15) is 14.4 Å². The Morgan fingerprint density at radius 2 is 1.45 bits per heavy atom. The van der Waals surface area contributed by atoms with Crippen LogP contribution in [0, 0.1) is 5.92 Å². The molecule has 8 heteroatoms. The zero-order valence-corrected chi connectivity index (χ0v) is 19.5. The van der Waals surface area contributed by atoms with Gasteiger partial charge in [-0.1, -0.05) is 13.8 Å². The highest BCUT2D eigenvalue weighted by molar-refractivity contribution is 6.02. The predicted octanol–water partition coefficient (Wildman–Crippen LogP) is 3.33. The Labute approximate surface area is 194 Å². The number of methoxy groups -OCH3 is 2. The van der Waals surface area contributed by atoms with Crippen LogP contribution in [0.1, 0.15) is 47.4 Å². The molecule has 3 amide bonds. The summed E-state index contributed by atoms with van der Waals surface area (Å²) in [6.45, 7) is 5.28. The first-order chi connectivity index (χ1) is 15.8. The van der Waals surface area contributed by atoms with E-state index >= 15 is 0 Å². The van der Waals surface area contributed by atoms with Crippen LogP contribution in [0.5, 0.6) is 11.5 Å². The lowest BCUT2D eigenvalue weighted by Crippen LogP contribution is -2.47. The van der Waals surface area contributed by atoms with E-state index < -0.39 is 11.9 Å². The van der Waals surface area contributed by atoms with Crippen LogP contribution in [0.2, 0.25) is 0 Å². The lowest BCUT2D eigenvalue weighted by molar-refractivity contribution is -0.118. The minimum Gasteiger partial charge on any atom is -0.497 e. The number of nitrogens with one attached hydrogen (secondary N) is 2. The molecule has 2 aromatic rings. The fourth-order valence-corrected chi connectivity index (χ4v) is 3.72. The monoisotopic (exact) mass is 453 g/mol. The third-order valence-electron chi connectivity index (χ3n) is 5.64. The molecule has 1 fully saturated rings. The van der Waals surface area contributed by atoms with Gasteiger partial charge in [-0.3, -0.25) is 14.4 Å². The van der Waals surface area contributed by atoms with Gasteiger partial charge in [0.2, 0.25) is 5.91 Å². The Kier molecular flexibility index (Phi) is 7.92. The number of hydrogen-bond donors (Lipinski definition) is 2. The lowest BCUT2D eigenvalue weighted by atomic mass is 10.0. The van der Waals surface area contributed by atoms with E-state index in [1.807, 2.05) is 18.7 Å². The summed E-state index contributed by atoms with van der Waals surface area (Å²) < 4.78 is 10.4. The molecule has 0 aliphatic carbocycles. The highest BCUT2D eigenvalue weighted by Gasteiger charge is 2.26. The summed E-state index contributed by atoms with van der Waals surface area (Å²) >= 11 is 0. The number of amides is 3. The minimum atomic E-state index is -0.763. The Bertz CT molecular complexity index is 975. The summed E-state index contributed by atoms with van der Waals surface area (Å²) in [7, 11) is 3.01. The maximum Gasteiger partial charge on any atom is 0.253 e. The first-order valence-electron chi connectivity index (χ1n) is 11.1. The standard InChI is InChI=1S/C25H31N3O5/c1-16(2)22(27-23(29)18-13-20(32-3)15-21(14-18)33-4)24(30)26-19-9-7-17(8-10-19)25(31)28-11-5-6-12-28/h7-10,13-16,22H,5-6,11-12H2,1-4H3,(H,26,30)(H,27,29). The SMILES string of the molecule is COc1cc(OC)cc(C(=O)NC(C(=O)Nc2ccc(C(=O)N3CCCC3)cc2)C(C)C)c1. The summed E-state index contributed by atoms with van der Waals surface area (Å²) in [5.74, 6) is 0.0607. The van der Waals surface area contributed by atoms with Gasteiger partial charge in [0.1, 0.15) is 17.5 Å². The van der Waals surface area contributed by atoms with Gasteiger partial charge in [-0.15, -0.1) is 0 Å². The van der Waals surface area contributed by atoms with Crippen LogP contribution in [0.4, 0.5) is 5.69 Å². The van der Waals surface area contributed by atoms with Crippen molar-refractivity contribution >= 4 is 23.4 Å². The first kappa shape index (κ1) is 24.1. The summed E-state index contributed by atoms with van der Waals surface area (Å²) in [5, 5.41) is 5.63. The number of benzene rings is 2. The summed E-state index contributed by atoms with van der Waals surface area (Å²) in [4.78, 5) is 40.1. The number of hydrogen-bond acceptors (Lipinski definition) is 5. The van der Waals surface area contributed by atoms with Crippen LogP contribution in [-0.4, -0.2) is 56.0 Å². The quantitative estimate of drug-likeness (QED) is 0.639. The van der Waals surface area contributed by atoms with Gasteiger partial charge in [-0.2, -0.15) is 0 Å². The average Bonchev–Trinajstić information content (AvgIpc) is 3.36. The smallest absolute Gasteiger partial charge is 0.253 e. The molecule has 1 unspecified atom stereocenters. The molecule has 2 N–H and O–H groups in total. The Morgan fingerprint density at radius 3 is 1.97 bits per heavy atom. The van der Waals surface area contributed by atoms with Crippen LogP contribution in [0.15, 0.2) is 42.5 Å². The van der Waals surface area contributed by atoms with E-state index in [1.54, 1.807) is 42.5 Å². The molecule has 0 saturated carbocycles. The van der Waals surface area contributed by atoms with Gasteiger partial charge in [-0.05, 0) is 55.2 Å². The van der Waals surface area contributed by atoms with Gasteiger partial charge < -0.3 is 25.0 Å². The highest BCUT2D eigenvalue weighted by Crippen LogP contribution is 2.23. The van der Waals surface area contributed by atoms with Gasteiger partial charge in [-0.25, -0.2) is 0 Å². The van der Waals surface area contributed by atoms with Crippen LogP contribution >= 0.6 is 0 Å². The maximum atomic E-state index is 12.9. The molecule has 1 saturated heterocycles. The fourth-order valence-electron chi connectivity index (χ4n) is 3.72. The van der Waals surface area contributed by atoms with Crippen molar-refractivity contribution in [3.8, 4) is 11.5 Å². The number of anilines is 1. The van der Waals surface area contributed by atoms with E-state index in [2.05, 4.69) is 10.6 Å². The molecular formula is C25H31N3O5. The molecule has 2 aromatic carbocycles. The van der Waals surface area contributed by atoms with Crippen LogP contribution in [-0.2, 0) is 4.79 Å². The number of ether oxygens (including phenoxy) is 2.